The van der Waals surface area contributed by atoms with Crippen LogP contribution in [0, 0.1) is 11.8 Å². The largest absolute Gasteiger partial charge is 0.505 e. The highest BCUT2D eigenvalue weighted by Crippen LogP contribution is 2.46. The summed E-state index contributed by atoms with van der Waals surface area (Å²) in [7, 11) is 1.67. The van der Waals surface area contributed by atoms with Crippen molar-refractivity contribution in [3.05, 3.63) is 24.5 Å². The Kier molecular flexibility index (Phi) is 6.30. The smallest absolute Gasteiger partial charge is 0.303 e. The number of hydrogen-bond acceptors (Lipinski definition) is 3. The van der Waals surface area contributed by atoms with Crippen molar-refractivity contribution in [2.45, 2.75) is 57.2 Å². The van der Waals surface area contributed by atoms with E-state index in [1.807, 2.05) is 0 Å². The van der Waals surface area contributed by atoms with Gasteiger partial charge >= 0.3 is 5.97 Å². The molecule has 0 aromatic rings. The first-order chi connectivity index (χ1) is 10.2. The van der Waals surface area contributed by atoms with Crippen molar-refractivity contribution in [2.75, 3.05) is 7.11 Å². The van der Waals surface area contributed by atoms with Crippen molar-refractivity contribution in [3.8, 4) is 0 Å². The monoisotopic (exact) mass is 294 g/mol. The Hall–Kier alpha value is -1.29. The van der Waals surface area contributed by atoms with Gasteiger partial charge in [-0.15, -0.1) is 0 Å². The zero-order chi connectivity index (χ0) is 15.1. The lowest BCUT2D eigenvalue weighted by Crippen LogP contribution is -2.26. The third-order valence-electron chi connectivity index (χ3n) is 4.57. The van der Waals surface area contributed by atoms with Crippen LogP contribution in [0.1, 0.15) is 44.9 Å². The van der Waals surface area contributed by atoms with Crippen LogP contribution in [-0.4, -0.2) is 30.4 Å². The number of unbranched alkanes of at least 4 members (excludes halogenated alkanes) is 1. The fourth-order valence-corrected chi connectivity index (χ4v) is 3.57. The molecular weight excluding hydrogens is 268 g/mol. The molecule has 2 rings (SSSR count). The lowest BCUT2D eigenvalue weighted by Gasteiger charge is -2.26. The van der Waals surface area contributed by atoms with Crippen LogP contribution in [0.25, 0.3) is 0 Å². The van der Waals surface area contributed by atoms with Gasteiger partial charge in [-0.05, 0) is 56.4 Å². The van der Waals surface area contributed by atoms with Gasteiger partial charge in [0.25, 0.3) is 0 Å². The van der Waals surface area contributed by atoms with Crippen LogP contribution in [0.3, 0.4) is 0 Å². The summed E-state index contributed by atoms with van der Waals surface area (Å²) < 4.78 is 11.0. The molecule has 4 heteroatoms. The SMILES string of the molecule is COC=CC[C@@H]1[C@H](C/C=C\CCCC(=O)O)[C@@H]2CC[C@H]1O2. The Morgan fingerprint density at radius 1 is 1.19 bits per heavy atom. The highest BCUT2D eigenvalue weighted by atomic mass is 16.5. The van der Waals surface area contributed by atoms with Crippen molar-refractivity contribution in [3.63, 3.8) is 0 Å². The number of carbonyl (C=O) groups is 1. The highest BCUT2D eigenvalue weighted by molar-refractivity contribution is 5.66. The van der Waals surface area contributed by atoms with Crippen molar-refractivity contribution in [1.82, 2.24) is 0 Å². The summed E-state index contributed by atoms with van der Waals surface area (Å²) in [5.74, 6) is 0.481. The second kappa shape index (κ2) is 8.23. The molecule has 118 valence electrons. The number of fused-ring (bicyclic) bond motifs is 2. The van der Waals surface area contributed by atoms with Crippen LogP contribution in [0.2, 0.25) is 0 Å². The molecule has 0 radical (unpaired) electrons. The first-order valence-corrected chi connectivity index (χ1v) is 7.92. The molecule has 2 aliphatic heterocycles. The Morgan fingerprint density at radius 3 is 2.48 bits per heavy atom. The summed E-state index contributed by atoms with van der Waals surface area (Å²) in [6.45, 7) is 0. The van der Waals surface area contributed by atoms with E-state index in [1.165, 1.54) is 12.8 Å². The van der Waals surface area contributed by atoms with Gasteiger partial charge in [0.15, 0.2) is 0 Å². The molecular formula is C17H26O4. The van der Waals surface area contributed by atoms with E-state index >= 15 is 0 Å². The number of carboxylic acids is 1. The summed E-state index contributed by atoms with van der Waals surface area (Å²) in [6, 6.07) is 0. The van der Waals surface area contributed by atoms with Gasteiger partial charge in [-0.2, -0.15) is 0 Å². The van der Waals surface area contributed by atoms with Gasteiger partial charge in [0.1, 0.15) is 0 Å². The van der Waals surface area contributed by atoms with Crippen LogP contribution in [-0.2, 0) is 14.3 Å². The van der Waals surface area contributed by atoms with Gasteiger partial charge in [-0.25, -0.2) is 0 Å². The Morgan fingerprint density at radius 2 is 1.86 bits per heavy atom. The fourth-order valence-electron chi connectivity index (χ4n) is 3.57. The maximum Gasteiger partial charge on any atom is 0.303 e. The number of methoxy groups -OCH3 is 1. The van der Waals surface area contributed by atoms with Crippen LogP contribution in [0.4, 0.5) is 0 Å². The van der Waals surface area contributed by atoms with E-state index in [9.17, 15) is 4.79 Å². The minimum Gasteiger partial charge on any atom is -0.505 e. The van der Waals surface area contributed by atoms with Gasteiger partial charge in [-0.1, -0.05) is 12.2 Å². The summed E-state index contributed by atoms with van der Waals surface area (Å²) in [5, 5.41) is 8.59. The Balaban J connectivity index is 1.76. The molecule has 1 N–H and O–H groups in total. The van der Waals surface area contributed by atoms with Crippen LogP contribution in [0.15, 0.2) is 24.5 Å². The molecule has 2 saturated heterocycles. The van der Waals surface area contributed by atoms with Crippen molar-refractivity contribution < 1.29 is 19.4 Å². The number of allylic oxidation sites excluding steroid dienone is 3. The number of aliphatic carboxylic acids is 1. The number of carboxylic acid groups (broad SMARTS) is 1. The minimum absolute atomic E-state index is 0.256. The summed E-state index contributed by atoms with van der Waals surface area (Å²) in [6.07, 6.45) is 15.3. The van der Waals surface area contributed by atoms with Gasteiger partial charge < -0.3 is 14.6 Å². The van der Waals surface area contributed by atoms with E-state index < -0.39 is 5.97 Å². The van der Waals surface area contributed by atoms with Crippen molar-refractivity contribution >= 4 is 5.97 Å². The predicted octanol–water partition coefficient (Wildman–Crippen LogP) is 3.53. The third kappa shape index (κ3) is 4.60. The molecule has 2 aliphatic rings. The molecule has 0 saturated carbocycles. The van der Waals surface area contributed by atoms with Crippen molar-refractivity contribution in [2.24, 2.45) is 11.8 Å². The van der Waals surface area contributed by atoms with Gasteiger partial charge in [0.05, 0.1) is 25.6 Å². The quantitative estimate of drug-likeness (QED) is 0.401. The van der Waals surface area contributed by atoms with E-state index in [4.69, 9.17) is 14.6 Å². The van der Waals surface area contributed by atoms with E-state index in [0.29, 0.717) is 24.0 Å². The summed E-state index contributed by atoms with van der Waals surface area (Å²) >= 11 is 0. The van der Waals surface area contributed by atoms with E-state index in [2.05, 4.69) is 18.2 Å². The first kappa shape index (κ1) is 16.1. The predicted molar refractivity (Wildman–Crippen MR) is 80.9 cm³/mol. The Bertz CT molecular complexity index is 388. The van der Waals surface area contributed by atoms with Gasteiger partial charge in [0, 0.05) is 6.42 Å². The fraction of sp³-hybridized carbons (Fsp3) is 0.706. The molecule has 2 bridgehead atoms. The lowest BCUT2D eigenvalue weighted by atomic mass is 9.76. The highest BCUT2D eigenvalue weighted by Gasteiger charge is 2.47. The van der Waals surface area contributed by atoms with Gasteiger partial charge in [0.2, 0.25) is 0 Å². The minimum atomic E-state index is -0.713. The Labute approximate surface area is 126 Å². The molecule has 0 aromatic carbocycles. The zero-order valence-corrected chi connectivity index (χ0v) is 12.7. The zero-order valence-electron chi connectivity index (χ0n) is 12.7. The molecule has 0 aliphatic carbocycles. The van der Waals surface area contributed by atoms with Crippen molar-refractivity contribution in [1.29, 1.82) is 0 Å². The average molecular weight is 294 g/mol. The first-order valence-electron chi connectivity index (χ1n) is 7.92. The van der Waals surface area contributed by atoms with E-state index in [-0.39, 0.29) is 6.42 Å². The maximum atomic E-state index is 10.4. The molecule has 4 atom stereocenters. The normalized spacial score (nSPS) is 31.5. The molecule has 0 aromatic heterocycles. The summed E-state index contributed by atoms with van der Waals surface area (Å²) in [5.41, 5.74) is 0. The number of rotatable bonds is 9. The third-order valence-corrected chi connectivity index (χ3v) is 4.57. The molecule has 0 spiro atoms. The summed E-state index contributed by atoms with van der Waals surface area (Å²) in [4.78, 5) is 10.4. The molecule has 2 heterocycles. The van der Waals surface area contributed by atoms with Crippen LogP contribution in [0.5, 0.6) is 0 Å². The maximum absolute atomic E-state index is 10.4. The lowest BCUT2D eigenvalue weighted by molar-refractivity contribution is -0.137. The second-order valence-corrected chi connectivity index (χ2v) is 5.95. The van der Waals surface area contributed by atoms with Crippen LogP contribution < -0.4 is 0 Å². The standard InChI is InChI=1S/C17H26O4/c1-20-12-6-8-14-13(15-10-11-16(14)21-15)7-4-2-3-5-9-17(18)19/h2,4,6,12-16H,3,5,7-11H2,1H3,(H,18,19)/b4-2-,12-6?/t13-,14+,15-,16+/m0/s1. The molecule has 0 amide bonds. The molecule has 4 nitrogen and oxygen atoms in total. The average Bonchev–Trinajstić information content (AvgIpc) is 3.04. The van der Waals surface area contributed by atoms with E-state index in [1.54, 1.807) is 13.4 Å². The number of ether oxygens (including phenoxy) is 2. The second-order valence-electron chi connectivity index (χ2n) is 5.95. The topological polar surface area (TPSA) is 55.8 Å². The van der Waals surface area contributed by atoms with Gasteiger partial charge in [-0.3, -0.25) is 4.79 Å². The van der Waals surface area contributed by atoms with E-state index in [0.717, 1.165) is 25.7 Å². The molecule has 0 unspecified atom stereocenters. The molecule has 21 heavy (non-hydrogen) atoms. The molecule has 2 fully saturated rings. The number of hydrogen-bond donors (Lipinski definition) is 1. The van der Waals surface area contributed by atoms with Crippen LogP contribution >= 0.6 is 0 Å².